The summed E-state index contributed by atoms with van der Waals surface area (Å²) in [6, 6.07) is 6.18. The highest BCUT2D eigenvalue weighted by Crippen LogP contribution is 2.30. The summed E-state index contributed by atoms with van der Waals surface area (Å²) in [4.78, 5) is 10.8. The van der Waals surface area contributed by atoms with Crippen LogP contribution in [0.5, 0.6) is 5.75 Å². The van der Waals surface area contributed by atoms with Crippen LogP contribution in [0.25, 0.3) is 0 Å². The van der Waals surface area contributed by atoms with Gasteiger partial charge in [-0.15, -0.1) is 0 Å². The van der Waals surface area contributed by atoms with Crippen LogP contribution in [0.3, 0.4) is 0 Å². The first-order valence-corrected chi connectivity index (χ1v) is 7.25. The predicted molar refractivity (Wildman–Crippen MR) is 79.1 cm³/mol. The van der Waals surface area contributed by atoms with Gasteiger partial charge < -0.3 is 9.84 Å². The second-order valence-electron chi connectivity index (χ2n) is 5.60. The Morgan fingerprint density at radius 1 is 1.35 bits per heavy atom. The molecule has 0 saturated carbocycles. The Labute approximate surface area is 120 Å². The molecule has 1 aromatic rings. The van der Waals surface area contributed by atoms with Crippen LogP contribution in [-0.2, 0) is 17.6 Å². The van der Waals surface area contributed by atoms with Gasteiger partial charge in [0.1, 0.15) is 12.4 Å². The highest BCUT2D eigenvalue weighted by Gasteiger charge is 2.14. The first-order chi connectivity index (χ1) is 9.58. The Kier molecular flexibility index (Phi) is 4.83. The summed E-state index contributed by atoms with van der Waals surface area (Å²) in [7, 11) is 0. The van der Waals surface area contributed by atoms with Crippen LogP contribution in [0.4, 0.5) is 0 Å². The maximum absolute atomic E-state index is 10.8. The van der Waals surface area contributed by atoms with Crippen molar-refractivity contribution in [3.05, 3.63) is 41.0 Å². The zero-order valence-electron chi connectivity index (χ0n) is 12.2. The van der Waals surface area contributed by atoms with E-state index in [1.54, 1.807) is 0 Å². The van der Waals surface area contributed by atoms with E-state index in [2.05, 4.69) is 6.07 Å². The fourth-order valence-electron chi connectivity index (χ4n) is 2.58. The smallest absolute Gasteiger partial charge is 0.328 e. The van der Waals surface area contributed by atoms with E-state index in [0.717, 1.165) is 24.2 Å². The predicted octanol–water partition coefficient (Wildman–Crippen LogP) is 3.61. The van der Waals surface area contributed by atoms with E-state index in [0.29, 0.717) is 6.61 Å². The quantitative estimate of drug-likeness (QED) is 0.834. The van der Waals surface area contributed by atoms with Crippen molar-refractivity contribution < 1.29 is 14.6 Å². The first kappa shape index (κ1) is 14.6. The summed E-state index contributed by atoms with van der Waals surface area (Å²) in [5.41, 5.74) is 3.49. The van der Waals surface area contributed by atoms with Crippen molar-refractivity contribution in [3.8, 4) is 5.75 Å². The van der Waals surface area contributed by atoms with Crippen molar-refractivity contribution in [1.82, 2.24) is 0 Å². The minimum absolute atomic E-state index is 0.172. The lowest BCUT2D eigenvalue weighted by atomic mass is 9.91. The minimum atomic E-state index is -0.910. The van der Waals surface area contributed by atoms with E-state index in [1.807, 2.05) is 26.0 Å². The van der Waals surface area contributed by atoms with E-state index in [1.165, 1.54) is 30.0 Å². The molecule has 0 bridgehead atoms. The van der Waals surface area contributed by atoms with Crippen LogP contribution in [0, 0.1) is 5.92 Å². The lowest BCUT2D eigenvalue weighted by Crippen LogP contribution is -2.11. The number of benzene rings is 1. The summed E-state index contributed by atoms with van der Waals surface area (Å²) >= 11 is 0. The Morgan fingerprint density at radius 2 is 2.10 bits per heavy atom. The van der Waals surface area contributed by atoms with Crippen LogP contribution in [0.15, 0.2) is 29.8 Å². The van der Waals surface area contributed by atoms with Gasteiger partial charge in [0.15, 0.2) is 0 Å². The molecule has 108 valence electrons. The molecular weight excluding hydrogens is 252 g/mol. The maximum atomic E-state index is 10.8. The number of carboxylic acids is 1. The minimum Gasteiger partial charge on any atom is -0.489 e. The van der Waals surface area contributed by atoms with E-state index in [9.17, 15) is 4.79 Å². The van der Waals surface area contributed by atoms with Crippen LogP contribution in [0.2, 0.25) is 0 Å². The third-order valence-electron chi connectivity index (χ3n) is 3.80. The Morgan fingerprint density at radius 3 is 2.80 bits per heavy atom. The fourth-order valence-corrected chi connectivity index (χ4v) is 2.58. The van der Waals surface area contributed by atoms with E-state index >= 15 is 0 Å². The van der Waals surface area contributed by atoms with Crippen molar-refractivity contribution in [2.45, 2.75) is 39.5 Å². The maximum Gasteiger partial charge on any atom is 0.328 e. The molecule has 0 aliphatic heterocycles. The second-order valence-corrected chi connectivity index (χ2v) is 5.60. The van der Waals surface area contributed by atoms with Gasteiger partial charge in [-0.25, -0.2) is 4.79 Å². The third kappa shape index (κ3) is 3.62. The first-order valence-electron chi connectivity index (χ1n) is 7.25. The van der Waals surface area contributed by atoms with E-state index in [-0.39, 0.29) is 5.92 Å². The number of hydrogen-bond donors (Lipinski definition) is 1. The lowest BCUT2D eigenvalue weighted by molar-refractivity contribution is -0.131. The number of ether oxygens (including phenoxy) is 1. The standard InChI is InChI=1S/C17H22O3/c1-12(2)14(10-17(18)19)11-20-16-9-5-7-13-6-3-4-8-15(13)16/h5,7,9-10,12H,3-4,6,8,11H2,1-2H3,(H,18,19)/b14-10-. The second kappa shape index (κ2) is 6.60. The molecular formula is C17H22O3. The average Bonchev–Trinajstić information content (AvgIpc) is 2.42. The van der Waals surface area contributed by atoms with Crippen LogP contribution in [0.1, 0.15) is 37.8 Å². The van der Waals surface area contributed by atoms with Crippen LogP contribution < -0.4 is 4.74 Å². The molecule has 0 aromatic heterocycles. The molecule has 1 aliphatic rings. The van der Waals surface area contributed by atoms with Gasteiger partial charge >= 0.3 is 5.97 Å². The Balaban J connectivity index is 2.12. The molecule has 1 N–H and O–H groups in total. The molecule has 1 aromatic carbocycles. The summed E-state index contributed by atoms with van der Waals surface area (Å²) in [5.74, 6) is 0.178. The zero-order chi connectivity index (χ0) is 14.5. The summed E-state index contributed by atoms with van der Waals surface area (Å²) in [5, 5.41) is 8.89. The molecule has 0 fully saturated rings. The molecule has 0 radical (unpaired) electrons. The van der Waals surface area contributed by atoms with Crippen LogP contribution >= 0.6 is 0 Å². The Bertz CT molecular complexity index is 515. The van der Waals surface area contributed by atoms with Gasteiger partial charge in [0.2, 0.25) is 0 Å². The van der Waals surface area contributed by atoms with Gasteiger partial charge in [-0.3, -0.25) is 0 Å². The van der Waals surface area contributed by atoms with Gasteiger partial charge in [0.05, 0.1) is 0 Å². The number of carboxylic acid groups (broad SMARTS) is 1. The average molecular weight is 274 g/mol. The summed E-state index contributed by atoms with van der Waals surface area (Å²) in [6.07, 6.45) is 5.89. The highest BCUT2D eigenvalue weighted by atomic mass is 16.5. The number of hydrogen-bond acceptors (Lipinski definition) is 2. The molecule has 3 heteroatoms. The SMILES string of the molecule is CC(C)/C(=C\C(=O)O)COc1cccc2c1CCCC2. The molecule has 0 saturated heterocycles. The number of fused-ring (bicyclic) bond motifs is 1. The van der Waals surface area contributed by atoms with Gasteiger partial charge in [-0.1, -0.05) is 26.0 Å². The topological polar surface area (TPSA) is 46.5 Å². The lowest BCUT2D eigenvalue weighted by Gasteiger charge is -2.20. The number of aryl methyl sites for hydroxylation is 1. The largest absolute Gasteiger partial charge is 0.489 e. The van der Waals surface area contributed by atoms with Gasteiger partial charge in [0.25, 0.3) is 0 Å². The number of carbonyl (C=O) groups is 1. The molecule has 1 aliphatic carbocycles. The summed E-state index contributed by atoms with van der Waals surface area (Å²) in [6.45, 7) is 4.32. The van der Waals surface area contributed by atoms with Gasteiger partial charge in [0, 0.05) is 6.08 Å². The molecule has 0 amide bonds. The van der Waals surface area contributed by atoms with Crippen LogP contribution in [-0.4, -0.2) is 17.7 Å². The molecule has 0 atom stereocenters. The van der Waals surface area contributed by atoms with Crippen molar-refractivity contribution >= 4 is 5.97 Å². The van der Waals surface area contributed by atoms with E-state index in [4.69, 9.17) is 9.84 Å². The van der Waals surface area contributed by atoms with Crippen molar-refractivity contribution in [2.75, 3.05) is 6.61 Å². The molecule has 20 heavy (non-hydrogen) atoms. The van der Waals surface area contributed by atoms with Crippen molar-refractivity contribution in [3.63, 3.8) is 0 Å². The summed E-state index contributed by atoms with van der Waals surface area (Å²) < 4.78 is 5.90. The molecule has 2 rings (SSSR count). The van der Waals surface area contributed by atoms with E-state index < -0.39 is 5.97 Å². The Hall–Kier alpha value is -1.77. The molecule has 0 unspecified atom stereocenters. The fraction of sp³-hybridized carbons (Fsp3) is 0.471. The monoisotopic (exact) mass is 274 g/mol. The number of aliphatic carboxylic acids is 1. The van der Waals surface area contributed by atoms with Gasteiger partial charge in [-0.05, 0) is 54.4 Å². The molecule has 0 heterocycles. The number of rotatable bonds is 5. The third-order valence-corrected chi connectivity index (χ3v) is 3.80. The van der Waals surface area contributed by atoms with Crippen molar-refractivity contribution in [1.29, 1.82) is 0 Å². The molecule has 0 spiro atoms. The van der Waals surface area contributed by atoms with Gasteiger partial charge in [-0.2, -0.15) is 0 Å². The molecule has 3 nitrogen and oxygen atoms in total. The van der Waals surface area contributed by atoms with Crippen molar-refractivity contribution in [2.24, 2.45) is 5.92 Å². The highest BCUT2D eigenvalue weighted by molar-refractivity contribution is 5.80. The zero-order valence-corrected chi connectivity index (χ0v) is 12.2. The normalized spacial score (nSPS) is 15.1.